The van der Waals surface area contributed by atoms with E-state index in [-0.39, 0.29) is 0 Å². The number of aliphatic imine (C=N–C) groups is 1. The zero-order chi connectivity index (χ0) is 15.2. The highest BCUT2D eigenvalue weighted by molar-refractivity contribution is 5.79. The molecule has 0 atom stereocenters. The Labute approximate surface area is 125 Å². The van der Waals surface area contributed by atoms with E-state index in [9.17, 15) is 0 Å². The van der Waals surface area contributed by atoms with Crippen LogP contribution in [0, 0.1) is 5.92 Å². The van der Waals surface area contributed by atoms with Crippen molar-refractivity contribution in [3.8, 4) is 0 Å². The fourth-order valence-corrected chi connectivity index (χ4v) is 1.62. The van der Waals surface area contributed by atoms with Gasteiger partial charge in [0.1, 0.15) is 0 Å². The summed E-state index contributed by atoms with van der Waals surface area (Å²) in [5.74, 6) is 1.52. The third-order valence-corrected chi connectivity index (χ3v) is 2.59. The number of nitrogens with one attached hydrogen (secondary N) is 2. The molecule has 0 saturated heterocycles. The maximum absolute atomic E-state index is 5.55. The van der Waals surface area contributed by atoms with Crippen molar-refractivity contribution in [1.82, 2.24) is 15.5 Å². The molecule has 0 aliphatic heterocycles. The molecule has 2 N–H and O–H groups in total. The predicted octanol–water partition coefficient (Wildman–Crippen LogP) is 1.56. The summed E-state index contributed by atoms with van der Waals surface area (Å²) in [7, 11) is 4.19. The van der Waals surface area contributed by atoms with Crippen LogP contribution in [0.2, 0.25) is 0 Å². The highest BCUT2D eigenvalue weighted by atomic mass is 16.5. The van der Waals surface area contributed by atoms with Crippen LogP contribution in [0.4, 0.5) is 0 Å². The quantitative estimate of drug-likeness (QED) is 0.344. The number of ether oxygens (including phenoxy) is 1. The SMILES string of the molecule is CCNC(=NCCCOCC(C)C)NCCCN(C)C. The zero-order valence-corrected chi connectivity index (χ0v) is 14.0. The van der Waals surface area contributed by atoms with Crippen LogP contribution in [0.25, 0.3) is 0 Å². The number of guanidine groups is 1. The van der Waals surface area contributed by atoms with Crippen molar-refractivity contribution in [3.63, 3.8) is 0 Å². The summed E-state index contributed by atoms with van der Waals surface area (Å²) < 4.78 is 5.55. The molecule has 120 valence electrons. The van der Waals surface area contributed by atoms with Crippen molar-refractivity contribution in [2.24, 2.45) is 10.9 Å². The Hall–Kier alpha value is -0.810. The van der Waals surface area contributed by atoms with Gasteiger partial charge in [-0.3, -0.25) is 4.99 Å². The van der Waals surface area contributed by atoms with Gasteiger partial charge >= 0.3 is 0 Å². The first-order valence-electron chi connectivity index (χ1n) is 7.81. The van der Waals surface area contributed by atoms with Gasteiger partial charge in [-0.05, 0) is 46.3 Å². The lowest BCUT2D eigenvalue weighted by Gasteiger charge is -2.13. The summed E-state index contributed by atoms with van der Waals surface area (Å²) in [5, 5.41) is 6.62. The minimum Gasteiger partial charge on any atom is -0.381 e. The molecule has 0 saturated carbocycles. The van der Waals surface area contributed by atoms with Gasteiger partial charge in [0.25, 0.3) is 0 Å². The van der Waals surface area contributed by atoms with Crippen LogP contribution in [0.5, 0.6) is 0 Å². The number of hydrogen-bond acceptors (Lipinski definition) is 3. The molecule has 0 unspecified atom stereocenters. The molecule has 5 nitrogen and oxygen atoms in total. The van der Waals surface area contributed by atoms with Crippen LogP contribution in [-0.4, -0.2) is 64.3 Å². The molecule has 0 heterocycles. The van der Waals surface area contributed by atoms with E-state index in [0.29, 0.717) is 5.92 Å². The fourth-order valence-electron chi connectivity index (χ4n) is 1.62. The Bertz CT molecular complexity index is 242. The Morgan fingerprint density at radius 1 is 1.20 bits per heavy atom. The maximum atomic E-state index is 5.55. The van der Waals surface area contributed by atoms with E-state index in [1.165, 1.54) is 0 Å². The Morgan fingerprint density at radius 3 is 2.55 bits per heavy atom. The third-order valence-electron chi connectivity index (χ3n) is 2.59. The molecule has 0 radical (unpaired) electrons. The van der Waals surface area contributed by atoms with Gasteiger partial charge in [0, 0.05) is 32.8 Å². The van der Waals surface area contributed by atoms with E-state index in [2.05, 4.69) is 55.4 Å². The molecule has 0 rings (SSSR count). The highest BCUT2D eigenvalue weighted by Gasteiger charge is 1.97. The van der Waals surface area contributed by atoms with Crippen molar-refractivity contribution in [1.29, 1.82) is 0 Å². The van der Waals surface area contributed by atoms with Crippen LogP contribution < -0.4 is 10.6 Å². The Morgan fingerprint density at radius 2 is 1.95 bits per heavy atom. The molecule has 0 aliphatic carbocycles. The molecular weight excluding hydrogens is 252 g/mol. The predicted molar refractivity (Wildman–Crippen MR) is 87.4 cm³/mol. The Balaban J connectivity index is 3.72. The van der Waals surface area contributed by atoms with Gasteiger partial charge < -0.3 is 20.3 Å². The van der Waals surface area contributed by atoms with Crippen LogP contribution in [-0.2, 0) is 4.74 Å². The third kappa shape index (κ3) is 13.6. The largest absolute Gasteiger partial charge is 0.381 e. The lowest BCUT2D eigenvalue weighted by molar-refractivity contribution is 0.109. The second-order valence-corrected chi connectivity index (χ2v) is 5.67. The number of nitrogens with zero attached hydrogens (tertiary/aromatic N) is 2. The summed E-state index contributed by atoms with van der Waals surface area (Å²) in [5.41, 5.74) is 0. The molecule has 0 aromatic rings. The van der Waals surface area contributed by atoms with E-state index in [1.54, 1.807) is 0 Å². The van der Waals surface area contributed by atoms with Crippen LogP contribution >= 0.6 is 0 Å². The first-order chi connectivity index (χ1) is 9.56. The van der Waals surface area contributed by atoms with Crippen LogP contribution in [0.15, 0.2) is 4.99 Å². The average Bonchev–Trinajstić information content (AvgIpc) is 2.37. The highest BCUT2D eigenvalue weighted by Crippen LogP contribution is 1.93. The van der Waals surface area contributed by atoms with Gasteiger partial charge in [0.15, 0.2) is 5.96 Å². The minimum absolute atomic E-state index is 0.606. The lowest BCUT2D eigenvalue weighted by Crippen LogP contribution is -2.38. The summed E-state index contributed by atoms with van der Waals surface area (Å²) in [6.07, 6.45) is 2.09. The molecule has 0 aromatic heterocycles. The van der Waals surface area contributed by atoms with Gasteiger partial charge in [-0.25, -0.2) is 0 Å². The Kier molecular flexibility index (Phi) is 12.7. The summed E-state index contributed by atoms with van der Waals surface area (Å²) in [4.78, 5) is 6.74. The van der Waals surface area contributed by atoms with Crippen molar-refractivity contribution in [2.75, 3.05) is 53.5 Å². The minimum atomic E-state index is 0.606. The molecule has 0 amide bonds. The lowest BCUT2D eigenvalue weighted by atomic mass is 10.2. The molecule has 20 heavy (non-hydrogen) atoms. The van der Waals surface area contributed by atoms with Crippen molar-refractivity contribution in [3.05, 3.63) is 0 Å². The van der Waals surface area contributed by atoms with Gasteiger partial charge in [0.2, 0.25) is 0 Å². The summed E-state index contributed by atoms with van der Waals surface area (Å²) >= 11 is 0. The van der Waals surface area contributed by atoms with E-state index >= 15 is 0 Å². The van der Waals surface area contributed by atoms with Gasteiger partial charge in [-0.2, -0.15) is 0 Å². The second kappa shape index (κ2) is 13.2. The molecule has 0 aromatic carbocycles. The van der Waals surface area contributed by atoms with E-state index < -0.39 is 0 Å². The number of rotatable bonds is 11. The molecule has 0 bridgehead atoms. The molecule has 0 aliphatic rings. The molecular formula is C15H34N4O. The van der Waals surface area contributed by atoms with E-state index in [4.69, 9.17) is 4.74 Å². The molecule has 0 fully saturated rings. The number of hydrogen-bond donors (Lipinski definition) is 2. The second-order valence-electron chi connectivity index (χ2n) is 5.67. The van der Waals surface area contributed by atoms with Gasteiger partial charge in [0.05, 0.1) is 0 Å². The monoisotopic (exact) mass is 286 g/mol. The average molecular weight is 286 g/mol. The summed E-state index contributed by atoms with van der Waals surface area (Å²) in [6.45, 7) is 11.8. The van der Waals surface area contributed by atoms with Gasteiger partial charge in [-0.1, -0.05) is 13.8 Å². The first-order valence-corrected chi connectivity index (χ1v) is 7.81. The molecule has 0 spiro atoms. The van der Waals surface area contributed by atoms with E-state index in [0.717, 1.165) is 58.2 Å². The van der Waals surface area contributed by atoms with Crippen LogP contribution in [0.3, 0.4) is 0 Å². The van der Waals surface area contributed by atoms with Crippen molar-refractivity contribution < 1.29 is 4.74 Å². The fraction of sp³-hybridized carbons (Fsp3) is 0.933. The summed E-state index contributed by atoms with van der Waals surface area (Å²) in [6, 6.07) is 0. The smallest absolute Gasteiger partial charge is 0.191 e. The van der Waals surface area contributed by atoms with Crippen molar-refractivity contribution in [2.45, 2.75) is 33.6 Å². The topological polar surface area (TPSA) is 48.9 Å². The first kappa shape index (κ1) is 19.2. The van der Waals surface area contributed by atoms with Crippen LogP contribution in [0.1, 0.15) is 33.6 Å². The maximum Gasteiger partial charge on any atom is 0.191 e. The molecule has 5 heteroatoms. The standard InChI is InChI=1S/C15H34N4O/c1-6-16-15(17-9-7-11-19(4)5)18-10-8-12-20-13-14(2)3/h14H,6-13H2,1-5H3,(H2,16,17,18). The normalized spacial score (nSPS) is 12.2. The van der Waals surface area contributed by atoms with Crippen molar-refractivity contribution >= 4 is 5.96 Å². The van der Waals surface area contributed by atoms with E-state index in [1.807, 2.05) is 0 Å². The van der Waals surface area contributed by atoms with Gasteiger partial charge in [-0.15, -0.1) is 0 Å². The zero-order valence-electron chi connectivity index (χ0n) is 14.0.